The maximum absolute atomic E-state index is 13.3. The number of hydrogen-bond acceptors (Lipinski definition) is 2. The van der Waals surface area contributed by atoms with E-state index in [0.717, 1.165) is 0 Å². The Hall–Kier alpha value is -1.13. The SMILES string of the molecule is O=C(O)C1(Cc2cccc(F)c2Cl)CCOC1. The van der Waals surface area contributed by atoms with Crippen molar-refractivity contribution in [2.75, 3.05) is 13.2 Å². The summed E-state index contributed by atoms with van der Waals surface area (Å²) in [4.78, 5) is 11.3. The lowest BCUT2D eigenvalue weighted by atomic mass is 9.81. The third kappa shape index (κ3) is 2.28. The monoisotopic (exact) mass is 258 g/mol. The number of benzene rings is 1. The second kappa shape index (κ2) is 4.63. The summed E-state index contributed by atoms with van der Waals surface area (Å²) >= 11 is 5.83. The van der Waals surface area contributed by atoms with Crippen molar-refractivity contribution in [1.29, 1.82) is 0 Å². The summed E-state index contributed by atoms with van der Waals surface area (Å²) in [5.74, 6) is -1.45. The van der Waals surface area contributed by atoms with Crippen LogP contribution < -0.4 is 0 Å². The van der Waals surface area contributed by atoms with Gasteiger partial charge in [0.1, 0.15) is 5.82 Å². The Bertz CT molecular complexity index is 441. The van der Waals surface area contributed by atoms with E-state index in [1.807, 2.05) is 0 Å². The van der Waals surface area contributed by atoms with Crippen LogP contribution in [-0.4, -0.2) is 24.3 Å². The number of halogens is 2. The van der Waals surface area contributed by atoms with Crippen LogP contribution >= 0.6 is 11.6 Å². The molecule has 92 valence electrons. The van der Waals surface area contributed by atoms with Gasteiger partial charge in [-0.25, -0.2) is 4.39 Å². The molecule has 1 saturated heterocycles. The Morgan fingerprint density at radius 1 is 1.59 bits per heavy atom. The van der Waals surface area contributed by atoms with Gasteiger partial charge in [0.15, 0.2) is 0 Å². The average molecular weight is 259 g/mol. The molecule has 1 N–H and O–H groups in total. The number of carbonyl (C=O) groups is 1. The number of carboxylic acids is 1. The summed E-state index contributed by atoms with van der Waals surface area (Å²) < 4.78 is 18.4. The Labute approximate surface area is 103 Å². The van der Waals surface area contributed by atoms with E-state index in [-0.39, 0.29) is 18.1 Å². The highest BCUT2D eigenvalue weighted by atomic mass is 35.5. The molecule has 0 spiro atoms. The van der Waals surface area contributed by atoms with Crippen LogP contribution in [0.2, 0.25) is 5.02 Å². The average Bonchev–Trinajstić information content (AvgIpc) is 2.75. The summed E-state index contributed by atoms with van der Waals surface area (Å²) in [6.45, 7) is 0.564. The maximum Gasteiger partial charge on any atom is 0.312 e. The molecule has 1 aliphatic rings. The van der Waals surface area contributed by atoms with Gasteiger partial charge in [-0.05, 0) is 24.5 Å². The molecule has 17 heavy (non-hydrogen) atoms. The molecule has 0 radical (unpaired) electrons. The molecule has 0 amide bonds. The normalized spacial score (nSPS) is 23.9. The van der Waals surface area contributed by atoms with Gasteiger partial charge >= 0.3 is 5.97 Å². The minimum absolute atomic E-state index is 0.0000231. The minimum Gasteiger partial charge on any atom is -0.481 e. The lowest BCUT2D eigenvalue weighted by Crippen LogP contribution is -2.34. The van der Waals surface area contributed by atoms with Crippen LogP contribution in [0, 0.1) is 11.2 Å². The summed E-state index contributed by atoms with van der Waals surface area (Å²) in [6, 6.07) is 4.43. The second-order valence-corrected chi connectivity index (χ2v) is 4.66. The maximum atomic E-state index is 13.3. The summed E-state index contributed by atoms with van der Waals surface area (Å²) in [5.41, 5.74) is -0.461. The van der Waals surface area contributed by atoms with Gasteiger partial charge < -0.3 is 9.84 Å². The number of carboxylic acid groups (broad SMARTS) is 1. The first-order valence-corrected chi connectivity index (χ1v) is 5.67. The highest BCUT2D eigenvalue weighted by molar-refractivity contribution is 6.31. The second-order valence-electron chi connectivity index (χ2n) is 4.28. The fourth-order valence-corrected chi connectivity index (χ4v) is 2.23. The van der Waals surface area contributed by atoms with Crippen molar-refractivity contribution in [2.45, 2.75) is 12.8 Å². The zero-order valence-electron chi connectivity index (χ0n) is 9.08. The van der Waals surface area contributed by atoms with Gasteiger partial charge in [-0.3, -0.25) is 4.79 Å². The van der Waals surface area contributed by atoms with Crippen molar-refractivity contribution in [3.8, 4) is 0 Å². The predicted octanol–water partition coefficient (Wildman–Crippen LogP) is 2.51. The Morgan fingerprint density at radius 3 is 2.94 bits per heavy atom. The fraction of sp³-hybridized carbons (Fsp3) is 0.417. The number of rotatable bonds is 3. The molecule has 1 aromatic carbocycles. The van der Waals surface area contributed by atoms with Gasteiger partial charge in [0.2, 0.25) is 0 Å². The van der Waals surface area contributed by atoms with Crippen LogP contribution in [0.1, 0.15) is 12.0 Å². The molecule has 1 atom stereocenters. The fourth-order valence-electron chi connectivity index (χ4n) is 2.04. The third-order valence-corrected chi connectivity index (χ3v) is 3.54. The Balaban J connectivity index is 2.30. The standard InChI is InChI=1S/C12H12ClFO3/c13-10-8(2-1-3-9(10)14)6-12(11(15)16)4-5-17-7-12/h1-3H,4-7H2,(H,15,16). The van der Waals surface area contributed by atoms with Crippen molar-refractivity contribution in [2.24, 2.45) is 5.41 Å². The van der Waals surface area contributed by atoms with Crippen LogP contribution in [0.25, 0.3) is 0 Å². The lowest BCUT2D eigenvalue weighted by molar-refractivity contribution is -0.148. The number of hydrogen-bond donors (Lipinski definition) is 1. The first kappa shape index (κ1) is 12.3. The molecule has 1 fully saturated rings. The Kier molecular flexibility index (Phi) is 3.35. The van der Waals surface area contributed by atoms with E-state index < -0.39 is 17.2 Å². The van der Waals surface area contributed by atoms with Gasteiger partial charge in [0.05, 0.1) is 17.0 Å². The largest absolute Gasteiger partial charge is 0.481 e. The molecule has 0 aliphatic carbocycles. The molecule has 0 bridgehead atoms. The molecule has 0 saturated carbocycles. The van der Waals surface area contributed by atoms with Crippen molar-refractivity contribution in [3.63, 3.8) is 0 Å². The number of ether oxygens (including phenoxy) is 1. The molecule has 5 heteroatoms. The highest BCUT2D eigenvalue weighted by Gasteiger charge is 2.43. The molecule has 1 aliphatic heterocycles. The Morgan fingerprint density at radius 2 is 2.35 bits per heavy atom. The first-order valence-electron chi connectivity index (χ1n) is 5.29. The van der Waals surface area contributed by atoms with E-state index in [1.165, 1.54) is 12.1 Å². The van der Waals surface area contributed by atoms with Gasteiger partial charge in [0.25, 0.3) is 0 Å². The molecular formula is C12H12ClFO3. The number of aliphatic carboxylic acids is 1. The van der Waals surface area contributed by atoms with Crippen molar-refractivity contribution < 1.29 is 19.0 Å². The van der Waals surface area contributed by atoms with Gasteiger partial charge in [0, 0.05) is 6.61 Å². The van der Waals surface area contributed by atoms with Crippen LogP contribution in [0.4, 0.5) is 4.39 Å². The molecule has 2 rings (SSSR count). The molecular weight excluding hydrogens is 247 g/mol. The first-order chi connectivity index (χ1) is 8.05. The highest BCUT2D eigenvalue weighted by Crippen LogP contribution is 2.35. The van der Waals surface area contributed by atoms with Crippen LogP contribution in [0.3, 0.4) is 0 Å². The van der Waals surface area contributed by atoms with Gasteiger partial charge in [-0.15, -0.1) is 0 Å². The molecule has 0 aromatic heterocycles. The molecule has 1 aromatic rings. The quantitative estimate of drug-likeness (QED) is 0.906. The zero-order valence-corrected chi connectivity index (χ0v) is 9.84. The predicted molar refractivity (Wildman–Crippen MR) is 60.6 cm³/mol. The van der Waals surface area contributed by atoms with E-state index in [4.69, 9.17) is 16.3 Å². The van der Waals surface area contributed by atoms with Crippen LogP contribution in [0.15, 0.2) is 18.2 Å². The zero-order chi connectivity index (χ0) is 12.5. The van der Waals surface area contributed by atoms with E-state index in [9.17, 15) is 14.3 Å². The van der Waals surface area contributed by atoms with Crippen molar-refractivity contribution in [1.82, 2.24) is 0 Å². The summed E-state index contributed by atoms with van der Waals surface area (Å²) in [5, 5.41) is 9.27. The van der Waals surface area contributed by atoms with Crippen LogP contribution in [0.5, 0.6) is 0 Å². The van der Waals surface area contributed by atoms with E-state index >= 15 is 0 Å². The molecule has 1 heterocycles. The summed E-state index contributed by atoms with van der Waals surface area (Å²) in [6.07, 6.45) is 0.619. The summed E-state index contributed by atoms with van der Waals surface area (Å²) in [7, 11) is 0. The lowest BCUT2D eigenvalue weighted by Gasteiger charge is -2.22. The molecule has 1 unspecified atom stereocenters. The van der Waals surface area contributed by atoms with Crippen LogP contribution in [-0.2, 0) is 16.0 Å². The van der Waals surface area contributed by atoms with Crippen molar-refractivity contribution in [3.05, 3.63) is 34.6 Å². The topological polar surface area (TPSA) is 46.5 Å². The van der Waals surface area contributed by atoms with Crippen molar-refractivity contribution >= 4 is 17.6 Å². The van der Waals surface area contributed by atoms with E-state index in [2.05, 4.69) is 0 Å². The minimum atomic E-state index is -0.975. The molecule has 3 nitrogen and oxygen atoms in total. The van der Waals surface area contributed by atoms with Gasteiger partial charge in [-0.1, -0.05) is 23.7 Å². The van der Waals surface area contributed by atoms with Gasteiger partial charge in [-0.2, -0.15) is 0 Å². The smallest absolute Gasteiger partial charge is 0.312 e. The third-order valence-electron chi connectivity index (χ3n) is 3.12. The van der Waals surface area contributed by atoms with E-state index in [1.54, 1.807) is 6.07 Å². The van der Waals surface area contributed by atoms with E-state index in [0.29, 0.717) is 18.6 Å².